The maximum absolute atomic E-state index is 14.6. The minimum Gasteiger partial charge on any atom is -0.494 e. The lowest BCUT2D eigenvalue weighted by molar-refractivity contribution is 0.381. The van der Waals surface area contributed by atoms with Crippen molar-refractivity contribution in [2.24, 2.45) is 0 Å². The summed E-state index contributed by atoms with van der Waals surface area (Å²) in [5, 5.41) is 3.37. The molecule has 2 aromatic rings. The Bertz CT molecular complexity index is 625. The second-order valence-corrected chi connectivity index (χ2v) is 5.21. The molecule has 0 bridgehead atoms. The molecule has 0 aliphatic rings. The van der Waals surface area contributed by atoms with Gasteiger partial charge in [0.1, 0.15) is 0 Å². The Morgan fingerprint density at radius 3 is 2.52 bits per heavy atom. The van der Waals surface area contributed by atoms with Crippen molar-refractivity contribution in [3.8, 4) is 5.75 Å². The Morgan fingerprint density at radius 2 is 1.90 bits per heavy atom. The molecular formula is C18H22FNO. The first kappa shape index (κ1) is 15.5. The molecule has 0 saturated carbocycles. The largest absolute Gasteiger partial charge is 0.494 e. The number of rotatable bonds is 5. The third-order valence-corrected chi connectivity index (χ3v) is 3.67. The third-order valence-electron chi connectivity index (χ3n) is 3.67. The highest BCUT2D eigenvalue weighted by Gasteiger charge is 2.20. The van der Waals surface area contributed by atoms with E-state index in [-0.39, 0.29) is 17.6 Å². The number of benzene rings is 2. The van der Waals surface area contributed by atoms with Crippen LogP contribution >= 0.6 is 0 Å². The van der Waals surface area contributed by atoms with E-state index in [2.05, 4.69) is 37.4 Å². The fourth-order valence-electron chi connectivity index (χ4n) is 2.65. The first-order valence-corrected chi connectivity index (χ1v) is 7.21. The van der Waals surface area contributed by atoms with Gasteiger partial charge < -0.3 is 10.1 Å². The van der Waals surface area contributed by atoms with Gasteiger partial charge in [0, 0.05) is 5.56 Å². The first-order chi connectivity index (χ1) is 10.1. The number of hydrogen-bond donors (Lipinski definition) is 1. The number of halogens is 1. The molecule has 0 saturated heterocycles. The van der Waals surface area contributed by atoms with Crippen LogP contribution in [-0.2, 0) is 0 Å². The molecule has 2 nitrogen and oxygen atoms in total. The van der Waals surface area contributed by atoms with Gasteiger partial charge in [-0.1, -0.05) is 42.8 Å². The highest BCUT2D eigenvalue weighted by molar-refractivity contribution is 5.42. The standard InChI is InChI=1S/C18H22FNO/c1-5-20-18(14-10-9-12(2)11-13(14)3)15-7-6-8-16(21-4)17(15)19/h6-11,18,20H,5H2,1-4H3. The predicted octanol–water partition coefficient (Wildman–Crippen LogP) is 4.15. The minimum absolute atomic E-state index is 0.175. The highest BCUT2D eigenvalue weighted by Crippen LogP contribution is 2.31. The molecule has 2 rings (SSSR count). The van der Waals surface area contributed by atoms with E-state index in [9.17, 15) is 4.39 Å². The monoisotopic (exact) mass is 287 g/mol. The summed E-state index contributed by atoms with van der Waals surface area (Å²) in [6.45, 7) is 6.90. The summed E-state index contributed by atoms with van der Waals surface area (Å²) >= 11 is 0. The van der Waals surface area contributed by atoms with Gasteiger partial charge in [-0.25, -0.2) is 4.39 Å². The summed E-state index contributed by atoms with van der Waals surface area (Å²) in [4.78, 5) is 0. The zero-order chi connectivity index (χ0) is 15.4. The predicted molar refractivity (Wildman–Crippen MR) is 84.4 cm³/mol. The van der Waals surface area contributed by atoms with Crippen molar-refractivity contribution in [3.05, 3.63) is 64.5 Å². The van der Waals surface area contributed by atoms with Crippen molar-refractivity contribution >= 4 is 0 Å². The fourth-order valence-corrected chi connectivity index (χ4v) is 2.65. The normalized spacial score (nSPS) is 12.2. The SMILES string of the molecule is CCNC(c1ccc(C)cc1C)c1cccc(OC)c1F. The van der Waals surface area contributed by atoms with E-state index in [1.807, 2.05) is 19.1 Å². The second kappa shape index (κ2) is 6.72. The van der Waals surface area contributed by atoms with Crippen LogP contribution in [0, 0.1) is 19.7 Å². The average Bonchev–Trinajstić information content (AvgIpc) is 2.46. The van der Waals surface area contributed by atoms with Gasteiger partial charge in [0.15, 0.2) is 11.6 Å². The lowest BCUT2D eigenvalue weighted by Crippen LogP contribution is -2.24. The van der Waals surface area contributed by atoms with Gasteiger partial charge in [-0.05, 0) is 37.6 Å². The molecule has 1 atom stereocenters. The van der Waals surface area contributed by atoms with Crippen LogP contribution in [0.25, 0.3) is 0 Å². The average molecular weight is 287 g/mol. The highest BCUT2D eigenvalue weighted by atomic mass is 19.1. The lowest BCUT2D eigenvalue weighted by atomic mass is 9.93. The molecule has 0 aliphatic carbocycles. The Hall–Kier alpha value is -1.87. The molecule has 21 heavy (non-hydrogen) atoms. The van der Waals surface area contributed by atoms with Crippen LogP contribution in [0.2, 0.25) is 0 Å². The molecule has 112 valence electrons. The van der Waals surface area contributed by atoms with Crippen LogP contribution in [0.15, 0.2) is 36.4 Å². The van der Waals surface area contributed by atoms with Crippen molar-refractivity contribution in [2.75, 3.05) is 13.7 Å². The summed E-state index contributed by atoms with van der Waals surface area (Å²) < 4.78 is 19.7. The molecule has 0 spiro atoms. The Kier molecular flexibility index (Phi) is 4.97. The molecule has 0 aliphatic heterocycles. The number of methoxy groups -OCH3 is 1. The van der Waals surface area contributed by atoms with Crippen LogP contribution in [-0.4, -0.2) is 13.7 Å². The number of hydrogen-bond acceptors (Lipinski definition) is 2. The van der Waals surface area contributed by atoms with Gasteiger partial charge in [-0.2, -0.15) is 0 Å². The summed E-state index contributed by atoms with van der Waals surface area (Å²) in [6.07, 6.45) is 0. The van der Waals surface area contributed by atoms with E-state index >= 15 is 0 Å². The van der Waals surface area contributed by atoms with E-state index in [4.69, 9.17) is 4.74 Å². The summed E-state index contributed by atoms with van der Waals surface area (Å²) in [7, 11) is 1.49. The van der Waals surface area contributed by atoms with Crippen molar-refractivity contribution < 1.29 is 9.13 Å². The zero-order valence-electron chi connectivity index (χ0n) is 13.0. The quantitative estimate of drug-likeness (QED) is 0.892. The minimum atomic E-state index is -0.300. The lowest BCUT2D eigenvalue weighted by Gasteiger charge is -2.22. The number of nitrogens with one attached hydrogen (secondary N) is 1. The first-order valence-electron chi connectivity index (χ1n) is 7.21. The van der Waals surface area contributed by atoms with E-state index < -0.39 is 0 Å². The molecule has 3 heteroatoms. The molecular weight excluding hydrogens is 265 g/mol. The topological polar surface area (TPSA) is 21.3 Å². The molecule has 1 N–H and O–H groups in total. The summed E-state index contributed by atoms with van der Waals surface area (Å²) in [5.74, 6) is -0.0221. The van der Waals surface area contributed by atoms with Crippen molar-refractivity contribution in [2.45, 2.75) is 26.8 Å². The summed E-state index contributed by atoms with van der Waals surface area (Å²) in [5.41, 5.74) is 4.07. The molecule has 0 fully saturated rings. The van der Waals surface area contributed by atoms with Crippen LogP contribution in [0.5, 0.6) is 5.75 Å². The molecule has 0 radical (unpaired) electrons. The van der Waals surface area contributed by atoms with E-state index in [1.54, 1.807) is 6.07 Å². The van der Waals surface area contributed by atoms with Gasteiger partial charge in [0.25, 0.3) is 0 Å². The number of ether oxygens (including phenoxy) is 1. The van der Waals surface area contributed by atoms with Crippen molar-refractivity contribution in [3.63, 3.8) is 0 Å². The van der Waals surface area contributed by atoms with Crippen LogP contribution < -0.4 is 10.1 Å². The molecule has 0 heterocycles. The summed E-state index contributed by atoms with van der Waals surface area (Å²) in [6, 6.07) is 11.4. The van der Waals surface area contributed by atoms with Gasteiger partial charge >= 0.3 is 0 Å². The van der Waals surface area contributed by atoms with Crippen molar-refractivity contribution in [1.82, 2.24) is 5.32 Å². The van der Waals surface area contributed by atoms with Gasteiger partial charge in [0.2, 0.25) is 0 Å². The van der Waals surface area contributed by atoms with Gasteiger partial charge in [-0.15, -0.1) is 0 Å². The Morgan fingerprint density at radius 1 is 1.14 bits per heavy atom. The van der Waals surface area contributed by atoms with Crippen LogP contribution in [0.1, 0.15) is 35.2 Å². The van der Waals surface area contributed by atoms with Gasteiger partial charge in [0.05, 0.1) is 13.2 Å². The maximum atomic E-state index is 14.6. The van der Waals surface area contributed by atoms with Crippen LogP contribution in [0.3, 0.4) is 0 Å². The van der Waals surface area contributed by atoms with Crippen LogP contribution in [0.4, 0.5) is 4.39 Å². The van der Waals surface area contributed by atoms with E-state index in [1.165, 1.54) is 12.7 Å². The smallest absolute Gasteiger partial charge is 0.170 e. The number of aryl methyl sites for hydroxylation is 2. The molecule has 0 amide bonds. The fraction of sp³-hybridized carbons (Fsp3) is 0.333. The maximum Gasteiger partial charge on any atom is 0.170 e. The van der Waals surface area contributed by atoms with E-state index in [0.717, 1.165) is 17.7 Å². The van der Waals surface area contributed by atoms with Gasteiger partial charge in [-0.3, -0.25) is 0 Å². The molecule has 1 unspecified atom stereocenters. The molecule has 2 aromatic carbocycles. The Labute approximate surface area is 126 Å². The second-order valence-electron chi connectivity index (χ2n) is 5.21. The van der Waals surface area contributed by atoms with Crippen molar-refractivity contribution in [1.29, 1.82) is 0 Å². The third kappa shape index (κ3) is 3.24. The zero-order valence-corrected chi connectivity index (χ0v) is 13.0. The van der Waals surface area contributed by atoms with E-state index in [0.29, 0.717) is 5.56 Å². The molecule has 0 aromatic heterocycles. The Balaban J connectivity index is 2.53.